The van der Waals surface area contributed by atoms with E-state index in [1.165, 1.54) is 7.11 Å². The van der Waals surface area contributed by atoms with Gasteiger partial charge in [0.2, 0.25) is 0 Å². The summed E-state index contributed by atoms with van der Waals surface area (Å²) in [6.45, 7) is 9.40. The molecule has 0 saturated carbocycles. The third kappa shape index (κ3) is 6.10. The van der Waals surface area contributed by atoms with E-state index in [-0.39, 0.29) is 5.91 Å². The van der Waals surface area contributed by atoms with Gasteiger partial charge < -0.3 is 19.7 Å². The largest absolute Gasteiger partial charge is 0.496 e. The number of hydrogen-bond acceptors (Lipinski definition) is 4. The van der Waals surface area contributed by atoms with Crippen molar-refractivity contribution >= 4 is 12.0 Å². The number of nitrogens with zero attached hydrogens (tertiary/aromatic N) is 1. The van der Waals surface area contributed by atoms with Crippen LogP contribution in [0.5, 0.6) is 5.75 Å². The van der Waals surface area contributed by atoms with Crippen LogP contribution in [0.1, 0.15) is 45.0 Å². The number of nitrogens with one attached hydrogen (secondary N) is 1. The van der Waals surface area contributed by atoms with Crippen molar-refractivity contribution in [3.8, 4) is 5.75 Å². The van der Waals surface area contributed by atoms with Crippen LogP contribution in [-0.2, 0) is 4.74 Å². The molecule has 0 heterocycles. The highest BCUT2D eigenvalue weighted by molar-refractivity contribution is 5.96. The fraction of sp³-hybridized carbons (Fsp3) is 0.556. The van der Waals surface area contributed by atoms with Gasteiger partial charge in [0.15, 0.2) is 0 Å². The maximum absolute atomic E-state index is 12.6. The SMILES string of the molecule is COc1ccccc1C(=O)N(C)CC(C)(C)NC(=O)OC(C)(C)C. The Balaban J connectivity index is 2.76. The molecule has 0 aliphatic heterocycles. The van der Waals surface area contributed by atoms with E-state index >= 15 is 0 Å². The summed E-state index contributed by atoms with van der Waals surface area (Å²) in [5.41, 5.74) is -0.732. The van der Waals surface area contributed by atoms with E-state index < -0.39 is 17.2 Å². The lowest BCUT2D eigenvalue weighted by Crippen LogP contribution is -2.52. The van der Waals surface area contributed by atoms with Gasteiger partial charge in [0, 0.05) is 13.6 Å². The minimum Gasteiger partial charge on any atom is -0.496 e. The summed E-state index contributed by atoms with van der Waals surface area (Å²) in [7, 11) is 3.22. The van der Waals surface area contributed by atoms with Crippen LogP contribution < -0.4 is 10.1 Å². The zero-order valence-corrected chi connectivity index (χ0v) is 15.6. The number of benzene rings is 1. The van der Waals surface area contributed by atoms with E-state index in [0.29, 0.717) is 17.9 Å². The number of para-hydroxylation sites is 1. The molecule has 2 amide bonds. The summed E-state index contributed by atoms with van der Waals surface area (Å²) in [6, 6.07) is 7.05. The number of hydrogen-bond donors (Lipinski definition) is 1. The second kappa shape index (κ2) is 7.55. The lowest BCUT2D eigenvalue weighted by Gasteiger charge is -2.32. The minimum atomic E-state index is -0.644. The second-order valence-electron chi connectivity index (χ2n) is 7.37. The van der Waals surface area contributed by atoms with Crippen LogP contribution in [0.2, 0.25) is 0 Å². The van der Waals surface area contributed by atoms with Gasteiger partial charge in [-0.3, -0.25) is 4.79 Å². The number of methoxy groups -OCH3 is 1. The van der Waals surface area contributed by atoms with Crippen molar-refractivity contribution in [3.63, 3.8) is 0 Å². The maximum atomic E-state index is 12.6. The molecule has 0 spiro atoms. The highest BCUT2D eigenvalue weighted by Crippen LogP contribution is 2.20. The Morgan fingerprint density at radius 1 is 1.12 bits per heavy atom. The molecule has 1 N–H and O–H groups in total. The van der Waals surface area contributed by atoms with Gasteiger partial charge in [0.05, 0.1) is 18.2 Å². The molecule has 0 radical (unpaired) electrons. The van der Waals surface area contributed by atoms with E-state index in [2.05, 4.69) is 5.32 Å². The maximum Gasteiger partial charge on any atom is 0.408 e. The van der Waals surface area contributed by atoms with Crippen LogP contribution in [-0.4, -0.2) is 48.7 Å². The third-order valence-corrected chi connectivity index (χ3v) is 3.16. The zero-order valence-electron chi connectivity index (χ0n) is 15.6. The molecule has 1 aromatic rings. The van der Waals surface area contributed by atoms with Gasteiger partial charge >= 0.3 is 6.09 Å². The Hall–Kier alpha value is -2.24. The summed E-state index contributed by atoms with van der Waals surface area (Å²) in [5.74, 6) is 0.346. The van der Waals surface area contributed by atoms with Crippen molar-refractivity contribution in [2.75, 3.05) is 20.7 Å². The van der Waals surface area contributed by atoms with E-state index in [1.54, 1.807) is 50.9 Å². The molecule has 6 heteroatoms. The average molecular weight is 336 g/mol. The van der Waals surface area contributed by atoms with Gasteiger partial charge in [0.1, 0.15) is 11.4 Å². The van der Waals surface area contributed by atoms with Crippen LogP contribution in [0.25, 0.3) is 0 Å². The highest BCUT2D eigenvalue weighted by atomic mass is 16.6. The number of amides is 2. The Morgan fingerprint density at radius 2 is 1.71 bits per heavy atom. The molecule has 0 bridgehead atoms. The van der Waals surface area contributed by atoms with Crippen LogP contribution in [0.4, 0.5) is 4.79 Å². The number of ether oxygens (including phenoxy) is 2. The monoisotopic (exact) mass is 336 g/mol. The lowest BCUT2D eigenvalue weighted by atomic mass is 10.0. The van der Waals surface area contributed by atoms with E-state index in [1.807, 2.05) is 19.9 Å². The van der Waals surface area contributed by atoms with E-state index in [9.17, 15) is 9.59 Å². The van der Waals surface area contributed by atoms with Crippen molar-refractivity contribution in [2.45, 2.75) is 45.8 Å². The smallest absolute Gasteiger partial charge is 0.408 e. The topological polar surface area (TPSA) is 67.9 Å². The van der Waals surface area contributed by atoms with E-state index in [0.717, 1.165) is 0 Å². The first-order valence-corrected chi connectivity index (χ1v) is 7.85. The standard InChI is InChI=1S/C18H28N2O4/c1-17(2,3)24-16(22)19-18(4,5)12-20(6)15(21)13-10-8-9-11-14(13)23-7/h8-11H,12H2,1-7H3,(H,19,22). The fourth-order valence-corrected chi connectivity index (χ4v) is 2.31. The van der Waals surface area contributed by atoms with Crippen molar-refractivity contribution in [1.82, 2.24) is 10.2 Å². The summed E-state index contributed by atoms with van der Waals surface area (Å²) in [5, 5.41) is 2.79. The van der Waals surface area contributed by atoms with Gasteiger partial charge in [-0.15, -0.1) is 0 Å². The Labute approximate surface area is 144 Å². The molecular weight excluding hydrogens is 308 g/mol. The quantitative estimate of drug-likeness (QED) is 0.897. The predicted molar refractivity (Wildman–Crippen MR) is 93.4 cm³/mol. The van der Waals surface area contributed by atoms with Crippen LogP contribution in [0.3, 0.4) is 0 Å². The summed E-state index contributed by atoms with van der Waals surface area (Å²) >= 11 is 0. The molecule has 0 aliphatic carbocycles. The lowest BCUT2D eigenvalue weighted by molar-refractivity contribution is 0.0441. The number of carbonyl (C=O) groups is 2. The van der Waals surface area contributed by atoms with Gasteiger partial charge in [-0.2, -0.15) is 0 Å². The summed E-state index contributed by atoms with van der Waals surface area (Å²) in [4.78, 5) is 26.1. The van der Waals surface area contributed by atoms with Crippen LogP contribution in [0.15, 0.2) is 24.3 Å². The minimum absolute atomic E-state index is 0.175. The number of alkyl carbamates (subject to hydrolysis) is 1. The molecule has 24 heavy (non-hydrogen) atoms. The summed E-state index contributed by atoms with van der Waals surface area (Å²) in [6.07, 6.45) is -0.509. The fourth-order valence-electron chi connectivity index (χ4n) is 2.31. The van der Waals surface area contributed by atoms with Crippen molar-refractivity contribution in [3.05, 3.63) is 29.8 Å². The number of carbonyl (C=O) groups excluding carboxylic acids is 2. The molecule has 0 atom stereocenters. The first kappa shape index (κ1) is 19.8. The average Bonchev–Trinajstić information content (AvgIpc) is 2.42. The van der Waals surface area contributed by atoms with Gasteiger partial charge in [-0.1, -0.05) is 12.1 Å². The first-order valence-electron chi connectivity index (χ1n) is 7.85. The zero-order chi connectivity index (χ0) is 18.5. The summed E-state index contributed by atoms with van der Waals surface area (Å²) < 4.78 is 10.5. The van der Waals surface area contributed by atoms with Crippen LogP contribution >= 0.6 is 0 Å². The molecule has 6 nitrogen and oxygen atoms in total. The Morgan fingerprint density at radius 3 is 2.25 bits per heavy atom. The Bertz CT molecular complexity index is 591. The Kier molecular flexibility index (Phi) is 6.23. The third-order valence-electron chi connectivity index (χ3n) is 3.16. The predicted octanol–water partition coefficient (Wildman–Crippen LogP) is 3.07. The molecule has 0 aromatic heterocycles. The van der Waals surface area contributed by atoms with Gasteiger partial charge in [0.25, 0.3) is 5.91 Å². The van der Waals surface area contributed by atoms with Crippen molar-refractivity contribution in [1.29, 1.82) is 0 Å². The van der Waals surface area contributed by atoms with Gasteiger partial charge in [-0.25, -0.2) is 4.79 Å². The molecule has 1 aromatic carbocycles. The molecule has 0 fully saturated rings. The normalized spacial score (nSPS) is 11.6. The van der Waals surface area contributed by atoms with Gasteiger partial charge in [-0.05, 0) is 46.8 Å². The molecule has 1 rings (SSSR count). The molecular formula is C18H28N2O4. The first-order chi connectivity index (χ1) is 10.9. The van der Waals surface area contributed by atoms with Crippen molar-refractivity contribution in [2.24, 2.45) is 0 Å². The molecule has 134 valence electrons. The molecule has 0 saturated heterocycles. The van der Waals surface area contributed by atoms with E-state index in [4.69, 9.17) is 9.47 Å². The van der Waals surface area contributed by atoms with Crippen LogP contribution in [0, 0.1) is 0 Å². The second-order valence-corrected chi connectivity index (χ2v) is 7.37. The number of rotatable bonds is 5. The molecule has 0 unspecified atom stereocenters. The molecule has 0 aliphatic rings. The van der Waals surface area contributed by atoms with Crippen molar-refractivity contribution < 1.29 is 19.1 Å². The highest BCUT2D eigenvalue weighted by Gasteiger charge is 2.28. The number of likely N-dealkylation sites (N-methyl/N-ethyl adjacent to an activating group) is 1.